The van der Waals surface area contributed by atoms with Crippen molar-refractivity contribution >= 4 is 17.3 Å². The Morgan fingerprint density at radius 1 is 0.833 bits per heavy atom. The number of benzene rings is 2. The molecule has 1 N–H and O–H groups in total. The maximum absolute atomic E-state index is 12.3. The number of aliphatic hydroxyl groups is 1. The zero-order chi connectivity index (χ0) is 17.3. The molecule has 0 aromatic heterocycles. The quantitative estimate of drug-likeness (QED) is 0.852. The van der Waals surface area contributed by atoms with Crippen molar-refractivity contribution in [3.8, 4) is 0 Å². The predicted octanol–water partition coefficient (Wildman–Crippen LogP) is 4.36. The standard InChI is InChI=1S/C21H20O3/c1-13-10-11-15(12-14(13)2)6-5-9-18-19(22)16-7-3-4-8-17(16)20(23)21(18)24/h3-4,7-8,10-12,22H,5-6,9H2,1-2H3. The van der Waals surface area contributed by atoms with Crippen LogP contribution in [0.4, 0.5) is 0 Å². The molecule has 2 aromatic carbocycles. The molecule has 1 aliphatic rings. The van der Waals surface area contributed by atoms with Crippen LogP contribution in [0.1, 0.15) is 45.5 Å². The minimum Gasteiger partial charge on any atom is -0.507 e. The summed E-state index contributed by atoms with van der Waals surface area (Å²) in [6.45, 7) is 4.15. The fourth-order valence-electron chi connectivity index (χ4n) is 3.08. The van der Waals surface area contributed by atoms with Crippen molar-refractivity contribution in [3.63, 3.8) is 0 Å². The van der Waals surface area contributed by atoms with E-state index in [2.05, 4.69) is 32.0 Å². The van der Waals surface area contributed by atoms with Crippen molar-refractivity contribution in [1.82, 2.24) is 0 Å². The van der Waals surface area contributed by atoms with Crippen molar-refractivity contribution < 1.29 is 14.7 Å². The summed E-state index contributed by atoms with van der Waals surface area (Å²) in [4.78, 5) is 24.5. The van der Waals surface area contributed by atoms with E-state index in [9.17, 15) is 14.7 Å². The van der Waals surface area contributed by atoms with Crippen LogP contribution in [0.25, 0.3) is 5.76 Å². The molecule has 24 heavy (non-hydrogen) atoms. The van der Waals surface area contributed by atoms with Gasteiger partial charge in [0.25, 0.3) is 0 Å². The van der Waals surface area contributed by atoms with Gasteiger partial charge in [0.1, 0.15) is 5.76 Å². The fraction of sp³-hybridized carbons (Fsp3) is 0.238. The number of hydrogen-bond donors (Lipinski definition) is 1. The summed E-state index contributed by atoms with van der Waals surface area (Å²) >= 11 is 0. The van der Waals surface area contributed by atoms with Gasteiger partial charge in [-0.2, -0.15) is 0 Å². The van der Waals surface area contributed by atoms with Gasteiger partial charge < -0.3 is 5.11 Å². The molecule has 0 heterocycles. The second-order valence-corrected chi connectivity index (χ2v) is 6.30. The van der Waals surface area contributed by atoms with E-state index in [4.69, 9.17) is 0 Å². The first-order chi connectivity index (χ1) is 11.5. The van der Waals surface area contributed by atoms with E-state index in [-0.39, 0.29) is 16.9 Å². The average molecular weight is 320 g/mol. The normalized spacial score (nSPS) is 14.1. The van der Waals surface area contributed by atoms with Crippen LogP contribution >= 0.6 is 0 Å². The molecule has 0 saturated heterocycles. The highest BCUT2D eigenvalue weighted by molar-refractivity contribution is 6.52. The molecule has 0 amide bonds. The molecule has 3 rings (SSSR count). The third kappa shape index (κ3) is 2.90. The van der Waals surface area contributed by atoms with Gasteiger partial charge >= 0.3 is 0 Å². The third-order valence-corrected chi connectivity index (χ3v) is 4.66. The summed E-state index contributed by atoms with van der Waals surface area (Å²) in [5.41, 5.74) is 4.69. The summed E-state index contributed by atoms with van der Waals surface area (Å²) in [7, 11) is 0. The third-order valence-electron chi connectivity index (χ3n) is 4.66. The molecule has 0 atom stereocenters. The molecule has 0 unspecified atom stereocenters. The fourth-order valence-corrected chi connectivity index (χ4v) is 3.08. The number of allylic oxidation sites excluding steroid dienone is 1. The highest BCUT2D eigenvalue weighted by Gasteiger charge is 2.31. The topological polar surface area (TPSA) is 54.4 Å². The van der Waals surface area contributed by atoms with Gasteiger partial charge in [-0.05, 0) is 49.8 Å². The van der Waals surface area contributed by atoms with Crippen LogP contribution in [0.2, 0.25) is 0 Å². The first-order valence-corrected chi connectivity index (χ1v) is 8.15. The largest absolute Gasteiger partial charge is 0.507 e. The predicted molar refractivity (Wildman–Crippen MR) is 94.2 cm³/mol. The molecule has 3 heteroatoms. The number of carbonyl (C=O) groups is 2. The van der Waals surface area contributed by atoms with Gasteiger partial charge in [-0.3, -0.25) is 9.59 Å². The van der Waals surface area contributed by atoms with Gasteiger partial charge in [-0.25, -0.2) is 0 Å². The molecule has 0 saturated carbocycles. The molecule has 0 spiro atoms. The number of aryl methyl sites for hydroxylation is 3. The van der Waals surface area contributed by atoms with E-state index in [1.807, 2.05) is 0 Å². The molecule has 122 valence electrons. The first-order valence-electron chi connectivity index (χ1n) is 8.15. The number of aliphatic hydroxyl groups excluding tert-OH is 1. The van der Waals surface area contributed by atoms with E-state index in [0.29, 0.717) is 18.4 Å². The molecule has 1 aliphatic carbocycles. The lowest BCUT2D eigenvalue weighted by Crippen LogP contribution is -2.24. The molecule has 0 bridgehead atoms. The van der Waals surface area contributed by atoms with Crippen LogP contribution in [-0.2, 0) is 11.2 Å². The van der Waals surface area contributed by atoms with Crippen molar-refractivity contribution in [2.45, 2.75) is 33.1 Å². The molecule has 2 aromatic rings. The molecule has 3 nitrogen and oxygen atoms in total. The Labute approximate surface area is 141 Å². The van der Waals surface area contributed by atoms with Gasteiger partial charge in [-0.15, -0.1) is 0 Å². The molecular weight excluding hydrogens is 300 g/mol. The lowest BCUT2D eigenvalue weighted by atomic mass is 9.86. The van der Waals surface area contributed by atoms with Crippen LogP contribution in [0.3, 0.4) is 0 Å². The summed E-state index contributed by atoms with van der Waals surface area (Å²) in [5, 5.41) is 10.4. The molecule has 0 aliphatic heterocycles. The summed E-state index contributed by atoms with van der Waals surface area (Å²) in [6, 6.07) is 13.0. The van der Waals surface area contributed by atoms with E-state index in [1.54, 1.807) is 24.3 Å². The number of fused-ring (bicyclic) bond motifs is 1. The Morgan fingerprint density at radius 3 is 2.25 bits per heavy atom. The van der Waals surface area contributed by atoms with Crippen molar-refractivity contribution in [1.29, 1.82) is 0 Å². The zero-order valence-corrected chi connectivity index (χ0v) is 13.9. The molecule has 0 radical (unpaired) electrons. The Morgan fingerprint density at radius 2 is 1.54 bits per heavy atom. The molecule has 0 fully saturated rings. The highest BCUT2D eigenvalue weighted by atomic mass is 16.3. The zero-order valence-electron chi connectivity index (χ0n) is 13.9. The summed E-state index contributed by atoms with van der Waals surface area (Å²) in [5.74, 6) is -1.15. The smallest absolute Gasteiger partial charge is 0.234 e. The van der Waals surface area contributed by atoms with Crippen LogP contribution in [0.5, 0.6) is 0 Å². The van der Waals surface area contributed by atoms with Crippen LogP contribution in [0, 0.1) is 13.8 Å². The van der Waals surface area contributed by atoms with Gasteiger partial charge in [0, 0.05) is 16.7 Å². The van der Waals surface area contributed by atoms with Crippen LogP contribution in [-0.4, -0.2) is 16.7 Å². The monoisotopic (exact) mass is 320 g/mol. The maximum atomic E-state index is 12.3. The van der Waals surface area contributed by atoms with Gasteiger partial charge in [0.05, 0.1) is 0 Å². The van der Waals surface area contributed by atoms with E-state index < -0.39 is 11.6 Å². The Bertz CT molecular complexity index is 859. The average Bonchev–Trinajstić information content (AvgIpc) is 2.59. The van der Waals surface area contributed by atoms with Crippen molar-refractivity contribution in [3.05, 3.63) is 75.9 Å². The van der Waals surface area contributed by atoms with Crippen LogP contribution in [0.15, 0.2) is 48.0 Å². The first kappa shape index (κ1) is 16.2. The maximum Gasteiger partial charge on any atom is 0.234 e. The van der Waals surface area contributed by atoms with Crippen LogP contribution < -0.4 is 0 Å². The number of ketones is 2. The second-order valence-electron chi connectivity index (χ2n) is 6.30. The number of carbonyl (C=O) groups excluding carboxylic acids is 2. The van der Waals surface area contributed by atoms with Crippen molar-refractivity contribution in [2.24, 2.45) is 0 Å². The highest BCUT2D eigenvalue weighted by Crippen LogP contribution is 2.30. The lowest BCUT2D eigenvalue weighted by molar-refractivity contribution is -0.112. The number of rotatable bonds is 4. The van der Waals surface area contributed by atoms with Gasteiger partial charge in [0.2, 0.25) is 11.6 Å². The van der Waals surface area contributed by atoms with E-state index in [1.165, 1.54) is 16.7 Å². The number of hydrogen-bond acceptors (Lipinski definition) is 3. The Hall–Kier alpha value is -2.68. The van der Waals surface area contributed by atoms with Gasteiger partial charge in [-0.1, -0.05) is 42.5 Å². The SMILES string of the molecule is Cc1ccc(CCCC2=C(O)c3ccccc3C(=O)C2=O)cc1C. The van der Waals surface area contributed by atoms with Gasteiger partial charge in [0.15, 0.2) is 0 Å². The second kappa shape index (κ2) is 6.44. The lowest BCUT2D eigenvalue weighted by Gasteiger charge is -2.17. The van der Waals surface area contributed by atoms with Crippen molar-refractivity contribution in [2.75, 3.05) is 0 Å². The summed E-state index contributed by atoms with van der Waals surface area (Å²) in [6.07, 6.45) is 1.92. The Balaban J connectivity index is 1.78. The minimum atomic E-state index is -0.578. The number of Topliss-reactive ketones (excluding diaryl/α,β-unsaturated/α-hetero) is 2. The van der Waals surface area contributed by atoms with E-state index >= 15 is 0 Å². The minimum absolute atomic E-state index is 0.0460. The Kier molecular flexibility index (Phi) is 4.34. The summed E-state index contributed by atoms with van der Waals surface area (Å²) < 4.78 is 0. The molecular formula is C21H20O3. The van der Waals surface area contributed by atoms with E-state index in [0.717, 1.165) is 6.42 Å².